The van der Waals surface area contributed by atoms with Crippen molar-refractivity contribution in [3.8, 4) is 0 Å². The number of allylic oxidation sites excluding steroid dienone is 1. The van der Waals surface area contributed by atoms with Gasteiger partial charge in [0.25, 0.3) is 0 Å². The van der Waals surface area contributed by atoms with Gasteiger partial charge in [0, 0.05) is 11.1 Å². The molecule has 4 aliphatic rings. The monoisotopic (exact) mass is 430 g/mol. The summed E-state index contributed by atoms with van der Waals surface area (Å²) in [5, 5.41) is 6.21. The maximum atomic E-state index is 4.92. The third-order valence-electron chi connectivity index (χ3n) is 11.0. The maximum absolute atomic E-state index is 4.92. The van der Waals surface area contributed by atoms with Crippen LogP contribution in [-0.2, 0) is 6.54 Å². The lowest BCUT2D eigenvalue weighted by molar-refractivity contribution is -0.0636. The number of aryl methyl sites for hydroxylation is 1. The highest BCUT2D eigenvalue weighted by Gasteiger charge is 2.57. The van der Waals surface area contributed by atoms with Crippen LogP contribution >= 0.6 is 0 Å². The molecule has 6 rings (SSSR count). The lowest BCUT2D eigenvalue weighted by Gasteiger charge is -2.56. The van der Waals surface area contributed by atoms with Crippen LogP contribution in [0.15, 0.2) is 36.4 Å². The van der Waals surface area contributed by atoms with Crippen LogP contribution in [0.1, 0.15) is 77.3 Å². The molecule has 4 fully saturated rings. The Hall–Kier alpha value is -1.57. The molecule has 4 saturated carbocycles. The van der Waals surface area contributed by atoms with Crippen LogP contribution in [0.3, 0.4) is 0 Å². The van der Waals surface area contributed by atoms with E-state index in [1.54, 1.807) is 0 Å². The van der Waals surface area contributed by atoms with Gasteiger partial charge in [-0.15, -0.1) is 0 Å². The molecule has 8 atom stereocenters. The van der Waals surface area contributed by atoms with E-state index >= 15 is 0 Å². The highest BCUT2D eigenvalue weighted by atomic mass is 15.3. The minimum atomic E-state index is 0.466. The van der Waals surface area contributed by atoms with Gasteiger partial charge in [-0.25, -0.2) is 0 Å². The molecule has 0 bridgehead atoms. The fourth-order valence-corrected chi connectivity index (χ4v) is 9.43. The summed E-state index contributed by atoms with van der Waals surface area (Å²) < 4.78 is 2.23. The van der Waals surface area contributed by atoms with Gasteiger partial charge in [0.15, 0.2) is 0 Å². The van der Waals surface area contributed by atoms with Crippen molar-refractivity contribution in [2.75, 3.05) is 0 Å². The molecule has 32 heavy (non-hydrogen) atoms. The third-order valence-corrected chi connectivity index (χ3v) is 11.0. The predicted octanol–water partition coefficient (Wildman–Crippen LogP) is 7.81. The van der Waals surface area contributed by atoms with E-state index in [1.165, 1.54) is 74.4 Å². The normalized spacial score (nSPS) is 41.2. The number of nitrogens with zero attached hydrogens (tertiary/aromatic N) is 2. The molecule has 0 N–H and O–H groups in total. The molecule has 2 nitrogen and oxygen atoms in total. The van der Waals surface area contributed by atoms with Crippen LogP contribution in [0.4, 0.5) is 0 Å². The van der Waals surface area contributed by atoms with Crippen molar-refractivity contribution in [2.24, 2.45) is 46.8 Å². The van der Waals surface area contributed by atoms with Crippen molar-refractivity contribution in [3.63, 3.8) is 0 Å². The Bertz CT molecular complexity index is 1020. The first-order valence-electron chi connectivity index (χ1n) is 13.6. The molecule has 1 aromatic carbocycles. The molecule has 8 unspecified atom stereocenters. The number of fused-ring (bicyclic) bond motifs is 6. The predicted molar refractivity (Wildman–Crippen MR) is 133 cm³/mol. The molecule has 172 valence electrons. The van der Waals surface area contributed by atoms with Gasteiger partial charge < -0.3 is 0 Å². The van der Waals surface area contributed by atoms with E-state index in [2.05, 4.69) is 49.7 Å². The summed E-state index contributed by atoms with van der Waals surface area (Å²) in [4.78, 5) is 0. The van der Waals surface area contributed by atoms with Gasteiger partial charge in [0.2, 0.25) is 0 Å². The van der Waals surface area contributed by atoms with Gasteiger partial charge >= 0.3 is 0 Å². The van der Waals surface area contributed by atoms with Crippen LogP contribution in [0.5, 0.6) is 0 Å². The van der Waals surface area contributed by atoms with Crippen molar-refractivity contribution >= 4 is 10.9 Å². The standard InChI is InChI=1S/C30H42N2/c1-19-9-11-24-22(17-19)10-12-26-25(24)15-16-30(4)27(13-14-28(26)30)20(2)18-32-21(3)23-7-5-6-8-29(23)31-32/h5-8,19,22,24-28H,2,9-18H2,1,3-4H3. The number of aromatic nitrogens is 2. The van der Waals surface area contributed by atoms with Crippen molar-refractivity contribution < 1.29 is 0 Å². The van der Waals surface area contributed by atoms with Crippen molar-refractivity contribution in [3.05, 3.63) is 42.1 Å². The van der Waals surface area contributed by atoms with Gasteiger partial charge in [-0.3, -0.25) is 4.68 Å². The van der Waals surface area contributed by atoms with Gasteiger partial charge in [0.1, 0.15) is 0 Å². The highest BCUT2D eigenvalue weighted by Crippen LogP contribution is 2.65. The summed E-state index contributed by atoms with van der Waals surface area (Å²) in [7, 11) is 0. The summed E-state index contributed by atoms with van der Waals surface area (Å²) in [6, 6.07) is 8.56. The van der Waals surface area contributed by atoms with E-state index in [1.807, 2.05) is 0 Å². The second kappa shape index (κ2) is 7.74. The topological polar surface area (TPSA) is 17.8 Å². The smallest absolute Gasteiger partial charge is 0.0926 e. The average molecular weight is 431 g/mol. The highest BCUT2D eigenvalue weighted by molar-refractivity contribution is 5.81. The molecule has 1 heterocycles. The zero-order valence-corrected chi connectivity index (χ0v) is 20.5. The van der Waals surface area contributed by atoms with E-state index in [4.69, 9.17) is 11.7 Å². The Kier molecular flexibility index (Phi) is 5.08. The zero-order valence-electron chi connectivity index (χ0n) is 20.5. The molecule has 0 saturated heterocycles. The lowest BCUT2D eigenvalue weighted by atomic mass is 9.49. The second-order valence-corrected chi connectivity index (χ2v) is 12.4. The van der Waals surface area contributed by atoms with Gasteiger partial charge in [-0.2, -0.15) is 5.10 Å². The summed E-state index contributed by atoms with van der Waals surface area (Å²) in [5.41, 5.74) is 4.31. The van der Waals surface area contributed by atoms with Crippen LogP contribution in [0.2, 0.25) is 0 Å². The van der Waals surface area contributed by atoms with E-state index in [0.29, 0.717) is 11.3 Å². The van der Waals surface area contributed by atoms with E-state index in [0.717, 1.165) is 47.6 Å². The molecule has 0 radical (unpaired) electrons. The quantitative estimate of drug-likeness (QED) is 0.454. The minimum Gasteiger partial charge on any atom is -0.265 e. The Labute approximate surface area is 194 Å². The first-order valence-corrected chi connectivity index (χ1v) is 13.6. The first-order chi connectivity index (χ1) is 15.5. The number of benzene rings is 1. The zero-order chi connectivity index (χ0) is 22.0. The second-order valence-electron chi connectivity index (χ2n) is 12.4. The molecule has 1 aromatic heterocycles. The number of hydrogen-bond acceptors (Lipinski definition) is 1. The Balaban J connectivity index is 1.21. The fraction of sp³-hybridized carbons (Fsp3) is 0.700. The molecule has 2 heteroatoms. The summed E-state index contributed by atoms with van der Waals surface area (Å²) in [5.74, 6) is 6.71. The molecule has 0 aliphatic heterocycles. The lowest BCUT2D eigenvalue weighted by Crippen LogP contribution is -2.48. The van der Waals surface area contributed by atoms with Crippen molar-refractivity contribution in [1.29, 1.82) is 0 Å². The van der Waals surface area contributed by atoms with Crippen molar-refractivity contribution in [1.82, 2.24) is 9.78 Å². The van der Waals surface area contributed by atoms with E-state index in [-0.39, 0.29) is 0 Å². The van der Waals surface area contributed by atoms with E-state index < -0.39 is 0 Å². The average Bonchev–Trinajstić information content (AvgIpc) is 3.30. The Morgan fingerprint density at radius 3 is 2.69 bits per heavy atom. The van der Waals surface area contributed by atoms with Crippen LogP contribution < -0.4 is 0 Å². The fourth-order valence-electron chi connectivity index (χ4n) is 9.43. The molecule has 0 amide bonds. The van der Waals surface area contributed by atoms with Gasteiger partial charge in [-0.05, 0) is 111 Å². The summed E-state index contributed by atoms with van der Waals surface area (Å²) >= 11 is 0. The Morgan fingerprint density at radius 2 is 1.84 bits per heavy atom. The minimum absolute atomic E-state index is 0.466. The molecular formula is C30H42N2. The summed E-state index contributed by atoms with van der Waals surface area (Å²) in [6.07, 6.45) is 13.3. The first kappa shape index (κ1) is 21.0. The number of hydrogen-bond donors (Lipinski definition) is 0. The third kappa shape index (κ3) is 3.15. The number of rotatable bonds is 3. The maximum Gasteiger partial charge on any atom is 0.0926 e. The molecular weight excluding hydrogens is 388 g/mol. The van der Waals surface area contributed by atoms with Gasteiger partial charge in [-0.1, -0.05) is 50.6 Å². The van der Waals surface area contributed by atoms with Crippen molar-refractivity contribution in [2.45, 2.75) is 85.1 Å². The van der Waals surface area contributed by atoms with Crippen LogP contribution in [0.25, 0.3) is 10.9 Å². The SMILES string of the molecule is C=C(Cn1nc2ccccc2c1C)C1CCC2C3CCC4CC(C)CCC4C3CCC12C. The van der Waals surface area contributed by atoms with Crippen LogP contribution in [-0.4, -0.2) is 9.78 Å². The molecule has 0 spiro atoms. The molecule has 2 aromatic rings. The van der Waals surface area contributed by atoms with E-state index in [9.17, 15) is 0 Å². The van der Waals surface area contributed by atoms with Crippen LogP contribution in [0, 0.1) is 53.8 Å². The van der Waals surface area contributed by atoms with Gasteiger partial charge in [0.05, 0.1) is 12.1 Å². The Morgan fingerprint density at radius 1 is 1.03 bits per heavy atom. The summed E-state index contributed by atoms with van der Waals surface area (Å²) in [6.45, 7) is 13.0. The molecule has 4 aliphatic carbocycles. The largest absolute Gasteiger partial charge is 0.265 e.